The molecule has 0 unspecified atom stereocenters. The summed E-state index contributed by atoms with van der Waals surface area (Å²) in [6, 6.07) is 28.2. The first-order valence-corrected chi connectivity index (χ1v) is 10.8. The van der Waals surface area contributed by atoms with Crippen molar-refractivity contribution in [3.8, 4) is 5.75 Å². The van der Waals surface area contributed by atoms with E-state index < -0.39 is 0 Å². The third-order valence-corrected chi connectivity index (χ3v) is 5.58. The number of ether oxygens (including phenoxy) is 1. The van der Waals surface area contributed by atoms with Crippen molar-refractivity contribution in [3.05, 3.63) is 114 Å². The van der Waals surface area contributed by atoms with E-state index in [4.69, 9.17) is 4.74 Å². The molecule has 0 spiro atoms. The molecule has 3 aromatic rings. The zero-order valence-electron chi connectivity index (χ0n) is 18.4. The Balaban J connectivity index is 1.71. The largest absolute Gasteiger partial charge is 0.489 e. The van der Waals surface area contributed by atoms with Gasteiger partial charge in [-0.2, -0.15) is 0 Å². The molecule has 1 amide bonds. The van der Waals surface area contributed by atoms with Crippen LogP contribution in [0, 0.1) is 5.92 Å². The molecular formula is C28H31NO2. The lowest BCUT2D eigenvalue weighted by molar-refractivity contribution is -0.135. The number of amides is 1. The monoisotopic (exact) mass is 413 g/mol. The molecule has 160 valence electrons. The van der Waals surface area contributed by atoms with Gasteiger partial charge < -0.3 is 9.64 Å². The molecule has 3 rings (SSSR count). The molecule has 2 atom stereocenters. The molecular weight excluding hydrogens is 382 g/mol. The maximum atomic E-state index is 13.3. The van der Waals surface area contributed by atoms with Gasteiger partial charge in [-0.15, -0.1) is 6.58 Å². The Morgan fingerprint density at radius 1 is 0.968 bits per heavy atom. The molecule has 0 saturated heterocycles. The Labute approximate surface area is 186 Å². The highest BCUT2D eigenvalue weighted by Gasteiger charge is 2.27. The molecule has 0 aliphatic heterocycles. The number of allylic oxidation sites excluding steroid dienone is 1. The fraction of sp³-hybridized carbons (Fsp3) is 0.250. The van der Waals surface area contributed by atoms with Gasteiger partial charge in [0.25, 0.3) is 0 Å². The average Bonchev–Trinajstić information content (AvgIpc) is 2.83. The first-order chi connectivity index (χ1) is 15.1. The van der Waals surface area contributed by atoms with Crippen molar-refractivity contribution in [2.24, 2.45) is 5.92 Å². The SMILES string of the molecule is C=C[C@@H](c1cccc(OCc2ccccc2)c1)[C@@H](C)C(=O)N(CC)Cc1ccccc1. The molecule has 3 heteroatoms. The lowest BCUT2D eigenvalue weighted by atomic mass is 9.86. The van der Waals surface area contributed by atoms with Crippen molar-refractivity contribution in [2.45, 2.75) is 32.9 Å². The molecule has 31 heavy (non-hydrogen) atoms. The molecule has 3 aromatic carbocycles. The minimum Gasteiger partial charge on any atom is -0.489 e. The van der Waals surface area contributed by atoms with Crippen molar-refractivity contribution in [3.63, 3.8) is 0 Å². The van der Waals surface area contributed by atoms with Gasteiger partial charge in [0, 0.05) is 24.9 Å². The minimum atomic E-state index is -0.217. The van der Waals surface area contributed by atoms with Crippen LogP contribution in [-0.4, -0.2) is 17.4 Å². The Bertz CT molecular complexity index is 969. The van der Waals surface area contributed by atoms with Crippen LogP contribution in [0.15, 0.2) is 97.6 Å². The normalized spacial score (nSPS) is 12.6. The predicted octanol–water partition coefficient (Wildman–Crippen LogP) is 6.22. The third-order valence-electron chi connectivity index (χ3n) is 5.58. The second kappa shape index (κ2) is 11.2. The van der Waals surface area contributed by atoms with Crippen LogP contribution >= 0.6 is 0 Å². The summed E-state index contributed by atoms with van der Waals surface area (Å²) in [6.45, 7) is 9.83. The Kier molecular flexibility index (Phi) is 8.05. The Morgan fingerprint density at radius 3 is 2.23 bits per heavy atom. The average molecular weight is 414 g/mol. The second-order valence-corrected chi connectivity index (χ2v) is 7.73. The molecule has 0 radical (unpaired) electrons. The van der Waals surface area contributed by atoms with E-state index in [2.05, 4.69) is 18.7 Å². The summed E-state index contributed by atoms with van der Waals surface area (Å²) in [6.07, 6.45) is 1.87. The van der Waals surface area contributed by atoms with Gasteiger partial charge in [-0.1, -0.05) is 85.8 Å². The lowest BCUT2D eigenvalue weighted by Gasteiger charge is -2.28. The number of rotatable bonds is 10. The lowest BCUT2D eigenvalue weighted by Crippen LogP contribution is -2.36. The van der Waals surface area contributed by atoms with Crippen LogP contribution in [-0.2, 0) is 17.9 Å². The highest BCUT2D eigenvalue weighted by atomic mass is 16.5. The molecule has 0 aromatic heterocycles. The summed E-state index contributed by atoms with van der Waals surface area (Å²) in [4.78, 5) is 15.2. The van der Waals surface area contributed by atoms with E-state index in [-0.39, 0.29) is 17.7 Å². The molecule has 0 fully saturated rings. The van der Waals surface area contributed by atoms with Crippen LogP contribution in [0.4, 0.5) is 0 Å². The van der Waals surface area contributed by atoms with Crippen LogP contribution < -0.4 is 4.74 Å². The van der Waals surface area contributed by atoms with Crippen molar-refractivity contribution in [1.29, 1.82) is 0 Å². The van der Waals surface area contributed by atoms with E-state index in [1.54, 1.807) is 0 Å². The van der Waals surface area contributed by atoms with E-state index >= 15 is 0 Å². The maximum absolute atomic E-state index is 13.3. The van der Waals surface area contributed by atoms with Crippen molar-refractivity contribution < 1.29 is 9.53 Å². The van der Waals surface area contributed by atoms with Gasteiger partial charge >= 0.3 is 0 Å². The van der Waals surface area contributed by atoms with Crippen LogP contribution in [0.25, 0.3) is 0 Å². The van der Waals surface area contributed by atoms with Crippen molar-refractivity contribution in [1.82, 2.24) is 4.90 Å². The Morgan fingerprint density at radius 2 is 1.61 bits per heavy atom. The molecule has 0 N–H and O–H groups in total. The van der Waals surface area contributed by atoms with Crippen LogP contribution in [0.5, 0.6) is 5.75 Å². The number of carbonyl (C=O) groups excluding carboxylic acids is 1. The van der Waals surface area contributed by atoms with E-state index in [1.165, 1.54) is 0 Å². The third kappa shape index (κ3) is 6.08. The molecule has 0 saturated carbocycles. The van der Waals surface area contributed by atoms with E-state index in [1.807, 2.05) is 97.6 Å². The molecule has 3 nitrogen and oxygen atoms in total. The number of nitrogens with zero attached hydrogens (tertiary/aromatic N) is 1. The zero-order valence-corrected chi connectivity index (χ0v) is 18.4. The summed E-state index contributed by atoms with van der Waals surface area (Å²) in [5, 5.41) is 0. The topological polar surface area (TPSA) is 29.5 Å². The standard InChI is InChI=1S/C28H31NO2/c1-4-27(22(3)28(30)29(5-2)20-23-13-8-6-9-14-23)25-17-12-18-26(19-25)31-21-24-15-10-7-11-16-24/h4,6-19,22,27H,1,5,20-21H2,2-3H3/t22-,27-/m1/s1. The van der Waals surface area contributed by atoms with E-state index in [0.717, 1.165) is 22.4 Å². The van der Waals surface area contributed by atoms with Gasteiger partial charge in [0.05, 0.1) is 0 Å². The number of hydrogen-bond donors (Lipinski definition) is 0. The minimum absolute atomic E-state index is 0.0856. The molecule has 0 heterocycles. The smallest absolute Gasteiger partial charge is 0.226 e. The van der Waals surface area contributed by atoms with Crippen molar-refractivity contribution in [2.75, 3.05) is 6.54 Å². The van der Waals surface area contributed by atoms with E-state index in [0.29, 0.717) is 19.7 Å². The summed E-state index contributed by atoms with van der Waals surface area (Å²) >= 11 is 0. The molecule has 0 bridgehead atoms. The fourth-order valence-corrected chi connectivity index (χ4v) is 3.77. The van der Waals surface area contributed by atoms with Gasteiger partial charge in [-0.25, -0.2) is 0 Å². The van der Waals surface area contributed by atoms with Crippen LogP contribution in [0.1, 0.15) is 36.5 Å². The zero-order chi connectivity index (χ0) is 22.1. The van der Waals surface area contributed by atoms with Gasteiger partial charge in [-0.3, -0.25) is 4.79 Å². The fourth-order valence-electron chi connectivity index (χ4n) is 3.77. The maximum Gasteiger partial charge on any atom is 0.226 e. The quantitative estimate of drug-likeness (QED) is 0.369. The van der Waals surface area contributed by atoms with Crippen LogP contribution in [0.2, 0.25) is 0 Å². The highest BCUT2D eigenvalue weighted by molar-refractivity contribution is 5.80. The Hall–Kier alpha value is -3.33. The van der Waals surface area contributed by atoms with Gasteiger partial charge in [0.15, 0.2) is 0 Å². The highest BCUT2D eigenvalue weighted by Crippen LogP contribution is 2.30. The molecule has 0 aliphatic rings. The van der Waals surface area contributed by atoms with Crippen LogP contribution in [0.3, 0.4) is 0 Å². The van der Waals surface area contributed by atoms with Gasteiger partial charge in [0.1, 0.15) is 12.4 Å². The summed E-state index contributed by atoms with van der Waals surface area (Å²) < 4.78 is 5.99. The number of hydrogen-bond acceptors (Lipinski definition) is 2. The summed E-state index contributed by atoms with van der Waals surface area (Å²) in [5.74, 6) is 0.625. The van der Waals surface area contributed by atoms with E-state index in [9.17, 15) is 4.79 Å². The predicted molar refractivity (Wildman–Crippen MR) is 127 cm³/mol. The van der Waals surface area contributed by atoms with Gasteiger partial charge in [-0.05, 0) is 35.7 Å². The first-order valence-electron chi connectivity index (χ1n) is 10.8. The number of benzene rings is 3. The second-order valence-electron chi connectivity index (χ2n) is 7.73. The summed E-state index contributed by atoms with van der Waals surface area (Å²) in [7, 11) is 0. The molecule has 0 aliphatic carbocycles. The number of carbonyl (C=O) groups is 1. The first kappa shape index (κ1) is 22.4. The summed E-state index contributed by atoms with van der Waals surface area (Å²) in [5.41, 5.74) is 3.30. The van der Waals surface area contributed by atoms with Gasteiger partial charge in [0.2, 0.25) is 5.91 Å². The van der Waals surface area contributed by atoms with Crippen molar-refractivity contribution >= 4 is 5.91 Å².